The molecule has 2 aromatic carbocycles. The molecule has 0 aromatic heterocycles. The van der Waals surface area contributed by atoms with Crippen LogP contribution in [0.3, 0.4) is 0 Å². The molecule has 6 heteroatoms. The van der Waals surface area contributed by atoms with E-state index >= 15 is 0 Å². The summed E-state index contributed by atoms with van der Waals surface area (Å²) in [6.45, 7) is 0. The second-order valence-corrected chi connectivity index (χ2v) is 6.63. The van der Waals surface area contributed by atoms with Gasteiger partial charge in [-0.2, -0.15) is 0 Å². The fourth-order valence-electron chi connectivity index (χ4n) is 2.97. The van der Waals surface area contributed by atoms with Crippen molar-refractivity contribution in [1.82, 2.24) is 0 Å². The summed E-state index contributed by atoms with van der Waals surface area (Å²) >= 11 is 0. The topological polar surface area (TPSA) is 99.4 Å². The van der Waals surface area contributed by atoms with Crippen LogP contribution in [-0.4, -0.2) is 46.9 Å². The molecule has 2 rings (SSSR count). The van der Waals surface area contributed by atoms with Crippen molar-refractivity contribution in [3.8, 4) is 23.0 Å². The van der Waals surface area contributed by atoms with Crippen molar-refractivity contribution in [2.45, 2.75) is 44.3 Å². The molecule has 0 bridgehead atoms. The van der Waals surface area contributed by atoms with E-state index in [1.165, 1.54) is 14.2 Å². The molecule has 2 aromatic rings. The molecule has 0 saturated heterocycles. The molecule has 0 aliphatic rings. The van der Waals surface area contributed by atoms with E-state index in [4.69, 9.17) is 9.47 Å². The molecule has 4 N–H and O–H groups in total. The Morgan fingerprint density at radius 3 is 1.52 bits per heavy atom. The molecule has 0 heterocycles. The van der Waals surface area contributed by atoms with Crippen LogP contribution >= 0.6 is 0 Å². The van der Waals surface area contributed by atoms with Crippen molar-refractivity contribution in [2.75, 3.05) is 14.2 Å². The van der Waals surface area contributed by atoms with E-state index in [9.17, 15) is 20.4 Å². The zero-order chi connectivity index (χ0) is 19.8. The predicted octanol–water partition coefficient (Wildman–Crippen LogP) is 2.79. The Balaban J connectivity index is 1.77. The van der Waals surface area contributed by atoms with Crippen LogP contribution in [0.25, 0.3) is 0 Å². The van der Waals surface area contributed by atoms with Crippen LogP contribution in [0.2, 0.25) is 0 Å². The van der Waals surface area contributed by atoms with Gasteiger partial charge in [0.2, 0.25) is 0 Å². The van der Waals surface area contributed by atoms with Crippen molar-refractivity contribution in [3.05, 3.63) is 47.5 Å². The van der Waals surface area contributed by atoms with Crippen molar-refractivity contribution >= 4 is 0 Å². The first-order valence-electron chi connectivity index (χ1n) is 9.00. The summed E-state index contributed by atoms with van der Waals surface area (Å²) in [5, 5.41) is 39.6. The number of phenols is 2. The first-order valence-corrected chi connectivity index (χ1v) is 9.00. The average molecular weight is 376 g/mol. The molecule has 0 saturated carbocycles. The minimum atomic E-state index is -0.617. The van der Waals surface area contributed by atoms with Gasteiger partial charge in [0.25, 0.3) is 0 Å². The van der Waals surface area contributed by atoms with Gasteiger partial charge in [-0.3, -0.25) is 0 Å². The van der Waals surface area contributed by atoms with Crippen LogP contribution in [0.1, 0.15) is 30.4 Å². The maximum absolute atomic E-state index is 10.2. The van der Waals surface area contributed by atoms with Crippen molar-refractivity contribution in [2.24, 2.45) is 0 Å². The third-order valence-electron chi connectivity index (χ3n) is 4.56. The number of aliphatic hydroxyl groups is 2. The lowest BCUT2D eigenvalue weighted by Crippen LogP contribution is -2.19. The molecule has 27 heavy (non-hydrogen) atoms. The number of hydrogen-bond acceptors (Lipinski definition) is 6. The number of aliphatic hydroxyl groups excluding tert-OH is 2. The first-order chi connectivity index (χ1) is 12.9. The summed E-state index contributed by atoms with van der Waals surface area (Å²) in [6, 6.07) is 10.2. The number of rotatable bonds is 10. The smallest absolute Gasteiger partial charge is 0.160 e. The molecular weight excluding hydrogens is 348 g/mol. The zero-order valence-corrected chi connectivity index (χ0v) is 15.8. The van der Waals surface area contributed by atoms with Crippen LogP contribution in [0.4, 0.5) is 0 Å². The van der Waals surface area contributed by atoms with Crippen molar-refractivity contribution in [3.63, 3.8) is 0 Å². The monoisotopic (exact) mass is 376 g/mol. The predicted molar refractivity (Wildman–Crippen MR) is 103 cm³/mol. The first kappa shape index (κ1) is 20.9. The lowest BCUT2D eigenvalue weighted by Gasteiger charge is -2.16. The third kappa shape index (κ3) is 6.34. The second kappa shape index (κ2) is 10.0. The summed E-state index contributed by atoms with van der Waals surface area (Å²) in [6.07, 6.45) is 1.34. The molecule has 2 unspecified atom stereocenters. The molecule has 6 nitrogen and oxygen atoms in total. The van der Waals surface area contributed by atoms with E-state index in [0.717, 1.165) is 11.1 Å². The Morgan fingerprint density at radius 2 is 1.15 bits per heavy atom. The number of methoxy groups -OCH3 is 2. The summed E-state index contributed by atoms with van der Waals surface area (Å²) in [5.74, 6) is 0.990. The summed E-state index contributed by atoms with van der Waals surface area (Å²) in [7, 11) is 2.99. The van der Waals surface area contributed by atoms with Gasteiger partial charge in [0.15, 0.2) is 23.0 Å². The number of benzene rings is 2. The van der Waals surface area contributed by atoms with Crippen molar-refractivity contribution < 1.29 is 29.9 Å². The Labute approximate surface area is 159 Å². The summed E-state index contributed by atoms with van der Waals surface area (Å²) < 4.78 is 10.2. The number of phenolic OH excluding ortho intramolecular Hbond substituents is 2. The Bertz CT molecular complexity index is 669. The molecule has 0 aliphatic carbocycles. The van der Waals surface area contributed by atoms with Gasteiger partial charge in [-0.05, 0) is 67.5 Å². The highest BCUT2D eigenvalue weighted by atomic mass is 16.5. The van der Waals surface area contributed by atoms with Crippen LogP contribution in [0.15, 0.2) is 36.4 Å². The van der Waals surface area contributed by atoms with E-state index in [-0.39, 0.29) is 11.5 Å². The van der Waals surface area contributed by atoms with E-state index in [2.05, 4.69) is 0 Å². The number of aromatic hydroxyl groups is 2. The SMILES string of the molecule is COc1cc(CCC(O)CC(O)CCc2ccc(O)c(OC)c2)ccc1O. The second-order valence-electron chi connectivity index (χ2n) is 6.63. The van der Waals surface area contributed by atoms with Gasteiger partial charge in [-0.1, -0.05) is 12.1 Å². The van der Waals surface area contributed by atoms with E-state index in [0.29, 0.717) is 43.6 Å². The molecule has 0 spiro atoms. The van der Waals surface area contributed by atoms with Gasteiger partial charge in [0, 0.05) is 0 Å². The van der Waals surface area contributed by atoms with Crippen LogP contribution in [-0.2, 0) is 12.8 Å². The van der Waals surface area contributed by atoms with Crippen LogP contribution < -0.4 is 9.47 Å². The number of ether oxygens (including phenoxy) is 2. The lowest BCUT2D eigenvalue weighted by molar-refractivity contribution is 0.0714. The van der Waals surface area contributed by atoms with Crippen LogP contribution in [0, 0.1) is 0 Å². The van der Waals surface area contributed by atoms with Crippen molar-refractivity contribution in [1.29, 1.82) is 0 Å². The quantitative estimate of drug-likeness (QED) is 0.509. The molecule has 148 valence electrons. The lowest BCUT2D eigenvalue weighted by atomic mass is 9.99. The molecule has 0 fully saturated rings. The highest BCUT2D eigenvalue weighted by Crippen LogP contribution is 2.28. The molecular formula is C21H28O6. The largest absolute Gasteiger partial charge is 0.504 e. The maximum atomic E-state index is 10.2. The highest BCUT2D eigenvalue weighted by Gasteiger charge is 2.13. The molecule has 2 atom stereocenters. The Morgan fingerprint density at radius 1 is 0.741 bits per heavy atom. The minimum Gasteiger partial charge on any atom is -0.504 e. The van der Waals surface area contributed by atoms with Crippen LogP contribution in [0.5, 0.6) is 23.0 Å². The minimum absolute atomic E-state index is 0.0862. The van der Waals surface area contributed by atoms with Gasteiger partial charge >= 0.3 is 0 Å². The van der Waals surface area contributed by atoms with E-state index in [1.807, 2.05) is 0 Å². The molecule has 0 amide bonds. The molecule has 0 aliphatic heterocycles. The standard InChI is InChI=1S/C21H28O6/c1-26-20-11-14(5-9-18(20)24)3-7-16(22)13-17(23)8-4-15-6-10-19(25)21(12-15)27-2/h5-6,9-12,16-17,22-25H,3-4,7-8,13H2,1-2H3. The average Bonchev–Trinajstić information content (AvgIpc) is 2.66. The van der Waals surface area contributed by atoms with E-state index < -0.39 is 12.2 Å². The van der Waals surface area contributed by atoms with Gasteiger partial charge in [0.1, 0.15) is 0 Å². The molecule has 0 radical (unpaired) electrons. The van der Waals surface area contributed by atoms with Gasteiger partial charge in [0.05, 0.1) is 26.4 Å². The third-order valence-corrected chi connectivity index (χ3v) is 4.56. The Hall–Kier alpha value is -2.44. The number of hydrogen-bond donors (Lipinski definition) is 4. The fraction of sp³-hybridized carbons (Fsp3) is 0.429. The van der Waals surface area contributed by atoms with Gasteiger partial charge in [-0.25, -0.2) is 0 Å². The zero-order valence-electron chi connectivity index (χ0n) is 15.8. The Kier molecular flexibility index (Phi) is 7.76. The van der Waals surface area contributed by atoms with Gasteiger partial charge < -0.3 is 29.9 Å². The normalized spacial score (nSPS) is 13.2. The summed E-state index contributed by atoms with van der Waals surface area (Å²) in [5.41, 5.74) is 1.91. The van der Waals surface area contributed by atoms with Gasteiger partial charge in [-0.15, -0.1) is 0 Å². The fourth-order valence-corrected chi connectivity index (χ4v) is 2.97. The summed E-state index contributed by atoms with van der Waals surface area (Å²) in [4.78, 5) is 0. The van der Waals surface area contributed by atoms with E-state index in [1.54, 1.807) is 36.4 Å². The maximum Gasteiger partial charge on any atom is 0.160 e. The highest BCUT2D eigenvalue weighted by molar-refractivity contribution is 5.42. The number of aryl methyl sites for hydroxylation is 2.